The van der Waals surface area contributed by atoms with Crippen molar-refractivity contribution in [2.75, 3.05) is 27.7 Å². The van der Waals surface area contributed by atoms with Gasteiger partial charge in [0, 0.05) is 6.08 Å². The standard InChI is InChI=1S/C25H28N2O2.ClH/c1-27(2)17-16-24(22-12-11-20-6-4-5-7-21(20)18-22)26-25(28)15-10-19-8-13-23(29-3)14-9-19;/h4-15,18,24H,16-17H2,1-3H3,(H,26,28);1H/b15-10+;. The summed E-state index contributed by atoms with van der Waals surface area (Å²) < 4.78 is 5.17. The van der Waals surface area contributed by atoms with Crippen molar-refractivity contribution in [3.63, 3.8) is 0 Å². The summed E-state index contributed by atoms with van der Waals surface area (Å²) in [5.41, 5.74) is 2.08. The monoisotopic (exact) mass is 424 g/mol. The van der Waals surface area contributed by atoms with Gasteiger partial charge in [0.25, 0.3) is 0 Å². The third-order valence-corrected chi connectivity index (χ3v) is 4.90. The van der Waals surface area contributed by atoms with Gasteiger partial charge in [-0.3, -0.25) is 4.79 Å². The number of hydrogen-bond acceptors (Lipinski definition) is 3. The highest BCUT2D eigenvalue weighted by Gasteiger charge is 2.14. The molecule has 0 heterocycles. The van der Waals surface area contributed by atoms with E-state index in [1.54, 1.807) is 13.2 Å². The molecular weight excluding hydrogens is 396 g/mol. The number of amides is 1. The molecule has 0 bridgehead atoms. The first-order valence-electron chi connectivity index (χ1n) is 9.81. The highest BCUT2D eigenvalue weighted by molar-refractivity contribution is 5.92. The van der Waals surface area contributed by atoms with Crippen molar-refractivity contribution < 1.29 is 9.53 Å². The SMILES string of the molecule is COc1ccc(/C=C/C(=O)NC(CCN(C)C)c2ccc3ccccc3c2)cc1.Cl. The predicted molar refractivity (Wildman–Crippen MR) is 127 cm³/mol. The average molecular weight is 425 g/mol. The third-order valence-electron chi connectivity index (χ3n) is 4.90. The smallest absolute Gasteiger partial charge is 0.244 e. The topological polar surface area (TPSA) is 41.6 Å². The van der Waals surface area contributed by atoms with Gasteiger partial charge in [-0.2, -0.15) is 0 Å². The van der Waals surface area contributed by atoms with Crippen LogP contribution in [0.1, 0.15) is 23.6 Å². The summed E-state index contributed by atoms with van der Waals surface area (Å²) in [4.78, 5) is 14.7. The van der Waals surface area contributed by atoms with Gasteiger partial charge in [0.2, 0.25) is 5.91 Å². The van der Waals surface area contributed by atoms with E-state index in [1.807, 2.05) is 56.6 Å². The summed E-state index contributed by atoms with van der Waals surface area (Å²) in [6, 6.07) is 22.2. The Morgan fingerprint density at radius 1 is 1.03 bits per heavy atom. The van der Waals surface area contributed by atoms with Gasteiger partial charge in [0.05, 0.1) is 13.2 Å². The van der Waals surface area contributed by atoms with Crippen LogP contribution in [0.15, 0.2) is 72.8 Å². The second-order valence-corrected chi connectivity index (χ2v) is 7.37. The second-order valence-electron chi connectivity index (χ2n) is 7.37. The Labute approximate surface area is 185 Å². The second kappa shape index (κ2) is 11.4. The van der Waals surface area contributed by atoms with Crippen LogP contribution in [-0.2, 0) is 4.79 Å². The van der Waals surface area contributed by atoms with E-state index in [-0.39, 0.29) is 24.4 Å². The highest BCUT2D eigenvalue weighted by Crippen LogP contribution is 2.23. The van der Waals surface area contributed by atoms with Gasteiger partial charge in [0.15, 0.2) is 0 Å². The van der Waals surface area contributed by atoms with E-state index in [2.05, 4.69) is 40.5 Å². The normalized spacial score (nSPS) is 12.0. The van der Waals surface area contributed by atoms with E-state index in [1.165, 1.54) is 10.8 Å². The lowest BCUT2D eigenvalue weighted by atomic mass is 9.99. The van der Waals surface area contributed by atoms with Crippen LogP contribution in [0.2, 0.25) is 0 Å². The molecule has 0 saturated heterocycles. The van der Waals surface area contributed by atoms with Crippen molar-refractivity contribution in [1.82, 2.24) is 10.2 Å². The van der Waals surface area contributed by atoms with Gasteiger partial charge < -0.3 is 15.0 Å². The van der Waals surface area contributed by atoms with Crippen LogP contribution in [0.4, 0.5) is 0 Å². The fourth-order valence-electron chi connectivity index (χ4n) is 3.24. The van der Waals surface area contributed by atoms with Crippen molar-refractivity contribution >= 4 is 35.2 Å². The summed E-state index contributed by atoms with van der Waals surface area (Å²) in [6.45, 7) is 0.889. The van der Waals surface area contributed by atoms with Gasteiger partial charge in [-0.25, -0.2) is 0 Å². The average Bonchev–Trinajstić information content (AvgIpc) is 2.75. The van der Waals surface area contributed by atoms with Crippen molar-refractivity contribution in [3.05, 3.63) is 83.9 Å². The van der Waals surface area contributed by atoms with E-state index in [0.29, 0.717) is 0 Å². The zero-order chi connectivity index (χ0) is 20.6. The summed E-state index contributed by atoms with van der Waals surface area (Å²) in [6.07, 6.45) is 4.25. The van der Waals surface area contributed by atoms with E-state index >= 15 is 0 Å². The number of benzene rings is 3. The molecule has 0 aliphatic rings. The molecule has 3 rings (SSSR count). The number of fused-ring (bicyclic) bond motifs is 1. The van der Waals surface area contributed by atoms with Crippen LogP contribution in [0.5, 0.6) is 5.75 Å². The predicted octanol–water partition coefficient (Wildman–Crippen LogP) is 5.09. The van der Waals surface area contributed by atoms with Gasteiger partial charge in [0.1, 0.15) is 5.75 Å². The van der Waals surface area contributed by atoms with Gasteiger partial charge in [-0.1, -0.05) is 48.5 Å². The molecule has 0 fully saturated rings. The lowest BCUT2D eigenvalue weighted by Gasteiger charge is -2.21. The lowest BCUT2D eigenvalue weighted by Crippen LogP contribution is -2.29. The number of nitrogens with one attached hydrogen (secondary N) is 1. The molecule has 5 heteroatoms. The van der Waals surface area contributed by atoms with Gasteiger partial charge in [-0.15, -0.1) is 12.4 Å². The molecule has 0 aliphatic carbocycles. The number of carbonyl (C=O) groups is 1. The summed E-state index contributed by atoms with van der Waals surface area (Å²) in [7, 11) is 5.73. The molecule has 3 aromatic carbocycles. The van der Waals surface area contributed by atoms with Crippen LogP contribution < -0.4 is 10.1 Å². The summed E-state index contributed by atoms with van der Waals surface area (Å²) in [5.74, 6) is 0.699. The van der Waals surface area contributed by atoms with E-state index in [4.69, 9.17) is 4.74 Å². The molecule has 0 saturated carbocycles. The number of hydrogen-bond donors (Lipinski definition) is 1. The highest BCUT2D eigenvalue weighted by atomic mass is 35.5. The third kappa shape index (κ3) is 6.61. The molecule has 0 aromatic heterocycles. The Balaban J connectivity index is 0.00000320. The molecular formula is C25H29ClN2O2. The number of carbonyl (C=O) groups excluding carboxylic acids is 1. The Morgan fingerprint density at radius 2 is 1.73 bits per heavy atom. The number of nitrogens with zero attached hydrogens (tertiary/aromatic N) is 1. The Bertz CT molecular complexity index is 984. The molecule has 1 unspecified atom stereocenters. The number of methoxy groups -OCH3 is 1. The number of halogens is 1. The maximum Gasteiger partial charge on any atom is 0.244 e. The van der Waals surface area contributed by atoms with Crippen molar-refractivity contribution in [3.8, 4) is 5.75 Å². The van der Waals surface area contributed by atoms with Gasteiger partial charge in [-0.05, 0) is 73.2 Å². The fourth-order valence-corrected chi connectivity index (χ4v) is 3.24. The van der Waals surface area contributed by atoms with Crippen LogP contribution in [0.25, 0.3) is 16.8 Å². The molecule has 0 aliphatic heterocycles. The maximum absolute atomic E-state index is 12.6. The zero-order valence-corrected chi connectivity index (χ0v) is 18.5. The Hall–Kier alpha value is -2.82. The fraction of sp³-hybridized carbons (Fsp3) is 0.240. The minimum absolute atomic E-state index is 0. The van der Waals surface area contributed by atoms with Crippen molar-refractivity contribution in [2.24, 2.45) is 0 Å². The Morgan fingerprint density at radius 3 is 2.40 bits per heavy atom. The first-order valence-corrected chi connectivity index (χ1v) is 9.81. The molecule has 158 valence electrons. The molecule has 3 aromatic rings. The molecule has 1 amide bonds. The zero-order valence-electron chi connectivity index (χ0n) is 17.7. The first-order chi connectivity index (χ1) is 14.0. The largest absolute Gasteiger partial charge is 0.497 e. The van der Waals surface area contributed by atoms with E-state index in [9.17, 15) is 4.79 Å². The Kier molecular flexibility index (Phi) is 8.90. The van der Waals surface area contributed by atoms with E-state index in [0.717, 1.165) is 29.8 Å². The van der Waals surface area contributed by atoms with Crippen LogP contribution in [-0.4, -0.2) is 38.6 Å². The molecule has 4 nitrogen and oxygen atoms in total. The molecule has 0 radical (unpaired) electrons. The number of rotatable bonds is 8. The van der Waals surface area contributed by atoms with Gasteiger partial charge >= 0.3 is 0 Å². The van der Waals surface area contributed by atoms with E-state index < -0.39 is 0 Å². The van der Waals surface area contributed by atoms with Crippen molar-refractivity contribution in [1.29, 1.82) is 0 Å². The first kappa shape index (κ1) is 23.5. The lowest BCUT2D eigenvalue weighted by molar-refractivity contribution is -0.117. The number of ether oxygens (including phenoxy) is 1. The molecule has 30 heavy (non-hydrogen) atoms. The summed E-state index contributed by atoms with van der Waals surface area (Å²) >= 11 is 0. The van der Waals surface area contributed by atoms with Crippen molar-refractivity contribution in [2.45, 2.75) is 12.5 Å². The van der Waals surface area contributed by atoms with Crippen LogP contribution >= 0.6 is 12.4 Å². The molecule has 1 N–H and O–H groups in total. The molecule has 0 spiro atoms. The quantitative estimate of drug-likeness (QED) is 0.512. The minimum atomic E-state index is -0.0993. The summed E-state index contributed by atoms with van der Waals surface area (Å²) in [5, 5.41) is 5.55. The van der Waals surface area contributed by atoms with Crippen LogP contribution in [0.3, 0.4) is 0 Å². The maximum atomic E-state index is 12.6. The molecule has 1 atom stereocenters. The van der Waals surface area contributed by atoms with Crippen LogP contribution in [0, 0.1) is 0 Å². The minimum Gasteiger partial charge on any atom is -0.497 e.